The van der Waals surface area contributed by atoms with E-state index in [9.17, 15) is 9.59 Å². The van der Waals surface area contributed by atoms with Crippen molar-refractivity contribution in [1.29, 1.82) is 0 Å². The highest BCUT2D eigenvalue weighted by Gasteiger charge is 2.19. The summed E-state index contributed by atoms with van der Waals surface area (Å²) >= 11 is 0. The molecule has 0 saturated carbocycles. The quantitative estimate of drug-likeness (QED) is 0.929. The number of hydrogen-bond donors (Lipinski definition) is 1. The largest absolute Gasteiger partial charge is 0.338 e. The molecule has 1 aliphatic rings. The Labute approximate surface area is 148 Å². The lowest BCUT2D eigenvalue weighted by Gasteiger charge is -2.29. The van der Waals surface area contributed by atoms with Gasteiger partial charge in [-0.15, -0.1) is 0 Å². The van der Waals surface area contributed by atoms with Crippen LogP contribution in [-0.4, -0.2) is 23.3 Å². The molecule has 2 aromatic carbocycles. The standard InChI is InChI=1S/C21H24N2O2/c1-3-21(25)23-10-9-17-7-8-19(13-18(17)14-23)22-20(24)12-16-6-4-5-15(2)11-16/h4-8,11,13H,3,9-10,12,14H2,1-2H3,(H,22,24). The Morgan fingerprint density at radius 1 is 1.12 bits per heavy atom. The number of amides is 2. The number of rotatable bonds is 4. The molecule has 0 radical (unpaired) electrons. The minimum absolute atomic E-state index is 0.0251. The molecule has 0 unspecified atom stereocenters. The normalized spacial score (nSPS) is 13.3. The van der Waals surface area contributed by atoms with E-state index in [-0.39, 0.29) is 11.8 Å². The predicted octanol–water partition coefficient (Wildman–Crippen LogP) is 3.47. The smallest absolute Gasteiger partial charge is 0.228 e. The molecule has 25 heavy (non-hydrogen) atoms. The summed E-state index contributed by atoms with van der Waals surface area (Å²) in [6.45, 7) is 5.32. The third-order valence-electron chi connectivity index (χ3n) is 4.60. The minimum Gasteiger partial charge on any atom is -0.338 e. The predicted molar refractivity (Wildman–Crippen MR) is 99.4 cm³/mol. The molecule has 0 atom stereocenters. The highest BCUT2D eigenvalue weighted by atomic mass is 16.2. The molecule has 0 spiro atoms. The van der Waals surface area contributed by atoms with Crippen LogP contribution in [0, 0.1) is 6.92 Å². The van der Waals surface area contributed by atoms with Crippen molar-refractivity contribution in [2.45, 2.75) is 39.7 Å². The van der Waals surface area contributed by atoms with Crippen LogP contribution in [0.1, 0.15) is 35.6 Å². The van der Waals surface area contributed by atoms with Crippen molar-refractivity contribution < 1.29 is 9.59 Å². The number of hydrogen-bond acceptors (Lipinski definition) is 2. The van der Waals surface area contributed by atoms with E-state index in [1.54, 1.807) is 0 Å². The molecular formula is C21H24N2O2. The molecule has 1 N–H and O–H groups in total. The molecule has 0 aromatic heterocycles. The summed E-state index contributed by atoms with van der Waals surface area (Å²) in [5.74, 6) is 0.155. The Morgan fingerprint density at radius 2 is 1.96 bits per heavy atom. The lowest BCUT2D eigenvalue weighted by molar-refractivity contribution is -0.131. The van der Waals surface area contributed by atoms with Gasteiger partial charge in [0.2, 0.25) is 11.8 Å². The second-order valence-electron chi connectivity index (χ2n) is 6.62. The van der Waals surface area contributed by atoms with E-state index in [2.05, 4.69) is 11.4 Å². The van der Waals surface area contributed by atoms with Crippen LogP contribution in [0.4, 0.5) is 5.69 Å². The van der Waals surface area contributed by atoms with Gasteiger partial charge in [0.15, 0.2) is 0 Å². The van der Waals surface area contributed by atoms with Crippen molar-refractivity contribution in [3.05, 3.63) is 64.7 Å². The SMILES string of the molecule is CCC(=O)N1CCc2ccc(NC(=O)Cc3cccc(C)c3)cc2C1. The Bertz CT molecular complexity index is 798. The van der Waals surface area contributed by atoms with Gasteiger partial charge >= 0.3 is 0 Å². The molecule has 130 valence electrons. The van der Waals surface area contributed by atoms with Crippen LogP contribution in [0.5, 0.6) is 0 Å². The van der Waals surface area contributed by atoms with Gasteiger partial charge < -0.3 is 10.2 Å². The van der Waals surface area contributed by atoms with Gasteiger partial charge in [-0.1, -0.05) is 42.8 Å². The van der Waals surface area contributed by atoms with Crippen molar-refractivity contribution in [2.24, 2.45) is 0 Å². The van der Waals surface area contributed by atoms with E-state index >= 15 is 0 Å². The van der Waals surface area contributed by atoms with Gasteiger partial charge in [-0.05, 0) is 42.2 Å². The number of nitrogens with one attached hydrogen (secondary N) is 1. The van der Waals surface area contributed by atoms with E-state index in [0.29, 0.717) is 19.4 Å². The van der Waals surface area contributed by atoms with Crippen molar-refractivity contribution in [3.63, 3.8) is 0 Å². The van der Waals surface area contributed by atoms with Crippen LogP contribution in [0.25, 0.3) is 0 Å². The second-order valence-corrected chi connectivity index (χ2v) is 6.62. The maximum atomic E-state index is 12.3. The molecule has 4 heteroatoms. The zero-order chi connectivity index (χ0) is 17.8. The molecule has 4 nitrogen and oxygen atoms in total. The number of carbonyl (C=O) groups is 2. The fourth-order valence-corrected chi connectivity index (χ4v) is 3.28. The third-order valence-corrected chi connectivity index (χ3v) is 4.60. The fraction of sp³-hybridized carbons (Fsp3) is 0.333. The summed E-state index contributed by atoms with van der Waals surface area (Å²) < 4.78 is 0. The van der Waals surface area contributed by atoms with Crippen LogP contribution in [0.15, 0.2) is 42.5 Å². The molecule has 0 aliphatic carbocycles. The third kappa shape index (κ3) is 4.27. The van der Waals surface area contributed by atoms with Gasteiger partial charge in [-0.2, -0.15) is 0 Å². The highest BCUT2D eigenvalue weighted by molar-refractivity contribution is 5.92. The topological polar surface area (TPSA) is 49.4 Å². The average Bonchev–Trinajstić information content (AvgIpc) is 2.60. The van der Waals surface area contributed by atoms with E-state index in [4.69, 9.17) is 0 Å². The number of benzene rings is 2. The van der Waals surface area contributed by atoms with Gasteiger partial charge in [0.1, 0.15) is 0 Å². The summed E-state index contributed by atoms with van der Waals surface area (Å²) in [4.78, 5) is 26.1. The van der Waals surface area contributed by atoms with Crippen LogP contribution in [0.2, 0.25) is 0 Å². The molecule has 0 fully saturated rings. The maximum absolute atomic E-state index is 12.3. The lowest BCUT2D eigenvalue weighted by Crippen LogP contribution is -2.35. The van der Waals surface area contributed by atoms with E-state index < -0.39 is 0 Å². The van der Waals surface area contributed by atoms with E-state index in [1.807, 2.05) is 55.1 Å². The van der Waals surface area contributed by atoms with Crippen molar-refractivity contribution >= 4 is 17.5 Å². The first-order valence-corrected chi connectivity index (χ1v) is 8.80. The van der Waals surface area contributed by atoms with E-state index in [1.165, 1.54) is 5.56 Å². The zero-order valence-corrected chi connectivity index (χ0v) is 14.8. The molecule has 2 aromatic rings. The van der Waals surface area contributed by atoms with Gasteiger partial charge in [-0.3, -0.25) is 9.59 Å². The molecule has 1 heterocycles. The molecule has 0 saturated heterocycles. The maximum Gasteiger partial charge on any atom is 0.228 e. The second kappa shape index (κ2) is 7.51. The summed E-state index contributed by atoms with van der Waals surface area (Å²) in [6, 6.07) is 14.0. The Balaban J connectivity index is 1.68. The monoisotopic (exact) mass is 336 g/mol. The Morgan fingerprint density at radius 3 is 2.72 bits per heavy atom. The first-order valence-electron chi connectivity index (χ1n) is 8.80. The zero-order valence-electron chi connectivity index (χ0n) is 14.8. The summed E-state index contributed by atoms with van der Waals surface area (Å²) in [7, 11) is 0. The number of nitrogens with zero attached hydrogens (tertiary/aromatic N) is 1. The molecule has 0 bridgehead atoms. The number of aryl methyl sites for hydroxylation is 1. The first-order chi connectivity index (χ1) is 12.0. The summed E-state index contributed by atoms with van der Waals surface area (Å²) in [6.07, 6.45) is 1.76. The number of anilines is 1. The lowest BCUT2D eigenvalue weighted by atomic mass is 9.98. The molecule has 2 amide bonds. The Hall–Kier alpha value is -2.62. The van der Waals surface area contributed by atoms with E-state index in [0.717, 1.165) is 35.3 Å². The summed E-state index contributed by atoms with van der Waals surface area (Å²) in [5.41, 5.74) is 5.34. The van der Waals surface area contributed by atoms with Crippen molar-refractivity contribution in [3.8, 4) is 0 Å². The Kier molecular flexibility index (Phi) is 5.17. The van der Waals surface area contributed by atoms with Gasteiger partial charge in [0, 0.05) is 25.2 Å². The van der Waals surface area contributed by atoms with Gasteiger partial charge in [-0.25, -0.2) is 0 Å². The van der Waals surface area contributed by atoms with Crippen LogP contribution in [0.3, 0.4) is 0 Å². The van der Waals surface area contributed by atoms with Crippen molar-refractivity contribution in [1.82, 2.24) is 4.90 Å². The average molecular weight is 336 g/mol. The fourth-order valence-electron chi connectivity index (χ4n) is 3.28. The van der Waals surface area contributed by atoms with Crippen LogP contribution in [-0.2, 0) is 29.0 Å². The summed E-state index contributed by atoms with van der Waals surface area (Å²) in [5, 5.41) is 2.98. The van der Waals surface area contributed by atoms with Crippen molar-refractivity contribution in [2.75, 3.05) is 11.9 Å². The van der Waals surface area contributed by atoms with Crippen LogP contribution >= 0.6 is 0 Å². The van der Waals surface area contributed by atoms with Crippen LogP contribution < -0.4 is 5.32 Å². The van der Waals surface area contributed by atoms with Gasteiger partial charge in [0.05, 0.1) is 6.42 Å². The number of fused-ring (bicyclic) bond motifs is 1. The highest BCUT2D eigenvalue weighted by Crippen LogP contribution is 2.23. The minimum atomic E-state index is -0.0251. The first kappa shape index (κ1) is 17.2. The molecule has 3 rings (SSSR count). The van der Waals surface area contributed by atoms with Gasteiger partial charge in [0.25, 0.3) is 0 Å². The number of carbonyl (C=O) groups excluding carboxylic acids is 2. The molecule has 1 aliphatic heterocycles. The molecular weight excluding hydrogens is 312 g/mol.